The fourth-order valence-corrected chi connectivity index (χ4v) is 2.49. The van der Waals surface area contributed by atoms with Crippen LogP contribution in [0.4, 0.5) is 0 Å². The highest BCUT2D eigenvalue weighted by atomic mass is 16.7. The molecular weight excluding hydrogens is 286 g/mol. The second-order valence-corrected chi connectivity index (χ2v) is 5.69. The lowest BCUT2D eigenvalue weighted by atomic mass is 10.1. The Kier molecular flexibility index (Phi) is 8.50. The lowest BCUT2D eigenvalue weighted by molar-refractivity contribution is -0.162. The van der Waals surface area contributed by atoms with Gasteiger partial charge in [0.2, 0.25) is 0 Å². The third kappa shape index (κ3) is 7.47. The lowest BCUT2D eigenvalue weighted by Crippen LogP contribution is -2.28. The number of hydrogen-bond donors (Lipinski definition) is 1. The van der Waals surface area contributed by atoms with E-state index in [-0.39, 0.29) is 12.3 Å². The predicted molar refractivity (Wildman–Crippen MR) is 94.1 cm³/mol. The Hall–Kier alpha value is -1.60. The summed E-state index contributed by atoms with van der Waals surface area (Å²) in [5, 5.41) is 3.40. The first-order valence-corrected chi connectivity index (χ1v) is 8.52. The van der Waals surface area contributed by atoms with Crippen molar-refractivity contribution in [3.8, 4) is 11.8 Å². The van der Waals surface area contributed by atoms with Gasteiger partial charge in [-0.15, -0.1) is 6.58 Å². The molecule has 124 valence electrons. The fourth-order valence-electron chi connectivity index (χ4n) is 2.49. The number of nitrogens with one attached hydrogen (secondary N) is 1. The van der Waals surface area contributed by atoms with E-state index in [1.165, 1.54) is 6.42 Å². The van der Waals surface area contributed by atoms with Crippen LogP contribution in [-0.2, 0) is 9.47 Å². The zero-order chi connectivity index (χ0) is 16.2. The van der Waals surface area contributed by atoms with Crippen LogP contribution >= 0.6 is 0 Å². The van der Waals surface area contributed by atoms with Crippen LogP contribution < -0.4 is 5.32 Å². The highest BCUT2D eigenvalue weighted by Gasteiger charge is 2.13. The van der Waals surface area contributed by atoms with Crippen LogP contribution in [0.2, 0.25) is 0 Å². The molecule has 1 aromatic carbocycles. The molecule has 1 aromatic rings. The smallest absolute Gasteiger partial charge is 0.157 e. The van der Waals surface area contributed by atoms with E-state index in [2.05, 4.69) is 23.7 Å². The molecule has 0 spiro atoms. The van der Waals surface area contributed by atoms with Crippen molar-refractivity contribution in [3.63, 3.8) is 0 Å². The Morgan fingerprint density at radius 1 is 1.35 bits per heavy atom. The SMILES string of the molecule is C=CCNC(C#Cc1ccccc1)CCCOC1CCCCO1. The molecule has 1 heterocycles. The zero-order valence-electron chi connectivity index (χ0n) is 13.8. The standard InChI is InChI=1S/C20H27NO2/c1-2-15-21-19(14-13-18-9-4-3-5-10-18)11-8-17-23-20-12-6-7-16-22-20/h2-5,9-10,19-21H,1,6-8,11-12,15-17H2. The summed E-state index contributed by atoms with van der Waals surface area (Å²) in [5.74, 6) is 6.55. The molecule has 0 bridgehead atoms. The summed E-state index contributed by atoms with van der Waals surface area (Å²) in [6.45, 7) is 6.08. The van der Waals surface area contributed by atoms with E-state index in [1.807, 2.05) is 36.4 Å². The van der Waals surface area contributed by atoms with Crippen LogP contribution in [0.1, 0.15) is 37.7 Å². The number of benzene rings is 1. The van der Waals surface area contributed by atoms with E-state index < -0.39 is 0 Å². The summed E-state index contributed by atoms with van der Waals surface area (Å²) in [7, 11) is 0. The molecule has 0 amide bonds. The van der Waals surface area contributed by atoms with Gasteiger partial charge in [0.15, 0.2) is 6.29 Å². The van der Waals surface area contributed by atoms with Gasteiger partial charge in [-0.2, -0.15) is 0 Å². The van der Waals surface area contributed by atoms with Gasteiger partial charge >= 0.3 is 0 Å². The molecule has 0 aliphatic carbocycles. The first kappa shape index (κ1) is 17.7. The van der Waals surface area contributed by atoms with E-state index in [4.69, 9.17) is 9.47 Å². The summed E-state index contributed by atoms with van der Waals surface area (Å²) in [5.41, 5.74) is 1.05. The zero-order valence-corrected chi connectivity index (χ0v) is 13.8. The largest absolute Gasteiger partial charge is 0.353 e. The normalized spacial score (nSPS) is 18.7. The van der Waals surface area contributed by atoms with Crippen LogP contribution in [0, 0.1) is 11.8 Å². The van der Waals surface area contributed by atoms with Crippen LogP contribution in [0.25, 0.3) is 0 Å². The van der Waals surface area contributed by atoms with E-state index >= 15 is 0 Å². The Morgan fingerprint density at radius 2 is 2.22 bits per heavy atom. The number of ether oxygens (including phenoxy) is 2. The summed E-state index contributed by atoms with van der Waals surface area (Å²) < 4.78 is 11.4. The second-order valence-electron chi connectivity index (χ2n) is 5.69. The Bertz CT molecular complexity index is 497. The van der Waals surface area contributed by atoms with Crippen molar-refractivity contribution in [2.45, 2.75) is 44.4 Å². The van der Waals surface area contributed by atoms with Crippen molar-refractivity contribution in [2.75, 3.05) is 19.8 Å². The average Bonchev–Trinajstić information content (AvgIpc) is 2.62. The lowest BCUT2D eigenvalue weighted by Gasteiger charge is -2.22. The van der Waals surface area contributed by atoms with Crippen LogP contribution in [0.5, 0.6) is 0 Å². The second kappa shape index (κ2) is 11.0. The van der Waals surface area contributed by atoms with Crippen molar-refractivity contribution >= 4 is 0 Å². The van der Waals surface area contributed by atoms with Gasteiger partial charge in [-0.1, -0.05) is 36.1 Å². The van der Waals surface area contributed by atoms with Gasteiger partial charge < -0.3 is 14.8 Å². The molecule has 2 atom stereocenters. The van der Waals surface area contributed by atoms with E-state index in [0.29, 0.717) is 0 Å². The quantitative estimate of drug-likeness (QED) is 0.453. The summed E-state index contributed by atoms with van der Waals surface area (Å²) in [6, 6.07) is 10.2. The maximum absolute atomic E-state index is 5.78. The Balaban J connectivity index is 1.74. The van der Waals surface area contributed by atoms with Crippen molar-refractivity contribution in [3.05, 3.63) is 48.6 Å². The van der Waals surface area contributed by atoms with Gasteiger partial charge in [0.25, 0.3) is 0 Å². The molecule has 23 heavy (non-hydrogen) atoms. The third-order valence-corrected chi connectivity index (χ3v) is 3.75. The van der Waals surface area contributed by atoms with Crippen molar-refractivity contribution < 1.29 is 9.47 Å². The van der Waals surface area contributed by atoms with Crippen LogP contribution in [0.3, 0.4) is 0 Å². The first-order chi connectivity index (χ1) is 11.4. The molecule has 0 saturated carbocycles. The molecule has 1 saturated heterocycles. The molecule has 1 fully saturated rings. The molecule has 0 radical (unpaired) electrons. The van der Waals surface area contributed by atoms with Gasteiger partial charge in [0.05, 0.1) is 6.04 Å². The van der Waals surface area contributed by atoms with Gasteiger partial charge in [0.1, 0.15) is 0 Å². The third-order valence-electron chi connectivity index (χ3n) is 3.75. The number of rotatable bonds is 8. The summed E-state index contributed by atoms with van der Waals surface area (Å²) in [6.07, 6.45) is 7.17. The van der Waals surface area contributed by atoms with Crippen molar-refractivity contribution in [2.24, 2.45) is 0 Å². The minimum atomic E-state index is -0.00117. The maximum atomic E-state index is 5.78. The van der Waals surface area contributed by atoms with E-state index in [1.54, 1.807) is 0 Å². The van der Waals surface area contributed by atoms with Gasteiger partial charge in [-0.3, -0.25) is 0 Å². The van der Waals surface area contributed by atoms with E-state index in [0.717, 1.165) is 51.0 Å². The highest BCUT2D eigenvalue weighted by molar-refractivity contribution is 5.34. The Labute approximate surface area is 140 Å². The highest BCUT2D eigenvalue weighted by Crippen LogP contribution is 2.14. The molecule has 3 heteroatoms. The maximum Gasteiger partial charge on any atom is 0.157 e. The predicted octanol–water partition coefficient (Wildman–Crippen LogP) is 3.51. The topological polar surface area (TPSA) is 30.5 Å². The fraction of sp³-hybridized carbons (Fsp3) is 0.500. The van der Waals surface area contributed by atoms with E-state index in [9.17, 15) is 0 Å². The number of hydrogen-bond acceptors (Lipinski definition) is 3. The van der Waals surface area contributed by atoms with Gasteiger partial charge in [-0.25, -0.2) is 0 Å². The summed E-state index contributed by atoms with van der Waals surface area (Å²) in [4.78, 5) is 0. The molecule has 1 N–H and O–H groups in total. The summed E-state index contributed by atoms with van der Waals surface area (Å²) >= 11 is 0. The molecule has 0 aromatic heterocycles. The monoisotopic (exact) mass is 313 g/mol. The molecule has 1 aliphatic rings. The average molecular weight is 313 g/mol. The van der Waals surface area contributed by atoms with Crippen molar-refractivity contribution in [1.82, 2.24) is 5.32 Å². The van der Waals surface area contributed by atoms with Crippen LogP contribution in [-0.4, -0.2) is 32.1 Å². The van der Waals surface area contributed by atoms with Gasteiger partial charge in [0, 0.05) is 25.3 Å². The minimum Gasteiger partial charge on any atom is -0.353 e. The van der Waals surface area contributed by atoms with Gasteiger partial charge in [-0.05, 0) is 44.2 Å². The first-order valence-electron chi connectivity index (χ1n) is 8.52. The minimum absolute atomic E-state index is 0.00117. The molecule has 2 unspecified atom stereocenters. The molecule has 2 rings (SSSR count). The van der Waals surface area contributed by atoms with Crippen molar-refractivity contribution in [1.29, 1.82) is 0 Å². The Morgan fingerprint density at radius 3 is 2.96 bits per heavy atom. The molecule has 1 aliphatic heterocycles. The molecule has 3 nitrogen and oxygen atoms in total. The molecular formula is C20H27NO2. The van der Waals surface area contributed by atoms with Crippen LogP contribution in [0.15, 0.2) is 43.0 Å².